The largest absolute Gasteiger partial charge is 0.351 e. The number of carbonyl (C=O) groups excluding carboxylic acids is 1. The molecular weight excluding hydrogens is 543 g/mol. The lowest BCUT2D eigenvalue weighted by molar-refractivity contribution is -0.130. The van der Waals surface area contributed by atoms with Gasteiger partial charge in [-0.05, 0) is 82.1 Å². The van der Waals surface area contributed by atoms with E-state index in [9.17, 15) is 10.1 Å². The van der Waals surface area contributed by atoms with Crippen molar-refractivity contribution in [3.05, 3.63) is 59.4 Å². The summed E-state index contributed by atoms with van der Waals surface area (Å²) in [7, 11) is 4.11. The number of aromatic nitrogens is 4. The van der Waals surface area contributed by atoms with Gasteiger partial charge in [0.15, 0.2) is 17.2 Å². The predicted octanol–water partition coefficient (Wildman–Crippen LogP) is 5.09. The molecule has 4 heterocycles. The SMILES string of the molecule is C=CC(=O)N1CC[C@H](n2nnc3c(N4CC(N(C)C)C4)nc4c(F)c(-c5cccc(C)c5C)c(C)cc4c32)C[C@H]1CC#N. The molecule has 0 unspecified atom stereocenters. The molecule has 2 atom stereocenters. The van der Waals surface area contributed by atoms with Gasteiger partial charge in [0.05, 0.1) is 18.5 Å². The lowest BCUT2D eigenvalue weighted by Crippen LogP contribution is -2.57. The molecule has 2 aliphatic heterocycles. The summed E-state index contributed by atoms with van der Waals surface area (Å²) in [5.74, 6) is 0.108. The summed E-state index contributed by atoms with van der Waals surface area (Å²) in [6.07, 6.45) is 2.68. The number of fused-ring (bicyclic) bond motifs is 3. The zero-order valence-corrected chi connectivity index (χ0v) is 25.4. The second-order valence-electron chi connectivity index (χ2n) is 12.1. The zero-order valence-electron chi connectivity index (χ0n) is 25.4. The van der Waals surface area contributed by atoms with Crippen molar-refractivity contribution in [1.29, 1.82) is 5.26 Å². The van der Waals surface area contributed by atoms with Gasteiger partial charge in [0.2, 0.25) is 5.91 Å². The van der Waals surface area contributed by atoms with Crippen LogP contribution in [0.25, 0.3) is 33.1 Å². The fraction of sp³-hybridized carbons (Fsp3) is 0.424. The molecule has 2 saturated heterocycles. The molecule has 2 aromatic carbocycles. The van der Waals surface area contributed by atoms with Crippen molar-refractivity contribution >= 4 is 33.7 Å². The van der Waals surface area contributed by atoms with Gasteiger partial charge in [-0.25, -0.2) is 14.1 Å². The zero-order chi connectivity index (χ0) is 30.6. The molecule has 0 spiro atoms. The van der Waals surface area contributed by atoms with Gasteiger partial charge in [0.25, 0.3) is 0 Å². The van der Waals surface area contributed by atoms with Crippen LogP contribution in [-0.4, -0.2) is 81.5 Å². The number of hydrogen-bond donors (Lipinski definition) is 0. The molecular formula is C33H37FN8O. The summed E-state index contributed by atoms with van der Waals surface area (Å²) in [5.41, 5.74) is 6.06. The highest BCUT2D eigenvalue weighted by atomic mass is 19.1. The highest BCUT2D eigenvalue weighted by Crippen LogP contribution is 2.41. The van der Waals surface area contributed by atoms with Crippen LogP contribution in [0.3, 0.4) is 0 Å². The van der Waals surface area contributed by atoms with Crippen LogP contribution in [0.15, 0.2) is 36.9 Å². The number of benzene rings is 2. The molecule has 0 aliphatic carbocycles. The Kier molecular flexibility index (Phi) is 7.38. The smallest absolute Gasteiger partial charge is 0.246 e. The standard InChI is InChI=1S/C33H37FN8O/c1-7-27(43)41-14-12-23(16-22(41)11-13-35)42-32-26-15-20(3)28(25-10-8-9-19(2)21(25)4)29(34)30(26)36-33(31(32)37-38-42)40-17-24(18-40)39(5)6/h7-10,15,22-24H,1,11-12,14,16-18H2,2-6H3/t22-,23+/m1/s1. The molecule has 4 aromatic rings. The number of likely N-dealkylation sites (N-methyl/N-ethyl adjacent to an activating group) is 1. The average molecular weight is 581 g/mol. The lowest BCUT2D eigenvalue weighted by Gasteiger charge is -2.43. The van der Waals surface area contributed by atoms with Crippen LogP contribution >= 0.6 is 0 Å². The van der Waals surface area contributed by atoms with E-state index in [1.807, 2.05) is 49.7 Å². The van der Waals surface area contributed by atoms with Crippen LogP contribution in [0.4, 0.5) is 10.2 Å². The average Bonchev–Trinajstić information content (AvgIpc) is 3.40. The number of hydrogen-bond acceptors (Lipinski definition) is 7. The molecule has 2 aliphatic rings. The monoisotopic (exact) mass is 580 g/mol. The number of nitriles is 1. The van der Waals surface area contributed by atoms with Crippen LogP contribution < -0.4 is 4.90 Å². The van der Waals surface area contributed by atoms with Crippen molar-refractivity contribution in [2.75, 3.05) is 38.6 Å². The van der Waals surface area contributed by atoms with E-state index in [1.54, 1.807) is 4.90 Å². The van der Waals surface area contributed by atoms with E-state index in [-0.39, 0.29) is 30.2 Å². The van der Waals surface area contributed by atoms with Gasteiger partial charge in [-0.2, -0.15) is 5.26 Å². The number of rotatable bonds is 6. The molecule has 2 aromatic heterocycles. The second-order valence-corrected chi connectivity index (χ2v) is 12.1. The molecule has 6 rings (SSSR count). The van der Waals surface area contributed by atoms with Crippen molar-refractivity contribution in [3.8, 4) is 17.2 Å². The van der Waals surface area contributed by atoms with E-state index in [2.05, 4.69) is 46.9 Å². The Morgan fingerprint density at radius 3 is 2.67 bits per heavy atom. The van der Waals surface area contributed by atoms with Gasteiger partial charge < -0.3 is 14.7 Å². The first kappa shape index (κ1) is 28.7. The van der Waals surface area contributed by atoms with E-state index in [4.69, 9.17) is 4.98 Å². The van der Waals surface area contributed by atoms with Gasteiger partial charge in [-0.3, -0.25) is 4.79 Å². The molecule has 2 fully saturated rings. The predicted molar refractivity (Wildman–Crippen MR) is 166 cm³/mol. The molecule has 0 N–H and O–H groups in total. The normalized spacial score (nSPS) is 19.2. The minimum Gasteiger partial charge on any atom is -0.351 e. The van der Waals surface area contributed by atoms with Crippen molar-refractivity contribution in [1.82, 2.24) is 29.8 Å². The first-order valence-electron chi connectivity index (χ1n) is 14.8. The molecule has 1 amide bonds. The topological polar surface area (TPSA) is 94.2 Å². The highest BCUT2D eigenvalue weighted by molar-refractivity contribution is 6.08. The number of halogens is 1. The Labute approximate surface area is 251 Å². The number of aryl methyl sites for hydroxylation is 2. The fourth-order valence-corrected chi connectivity index (χ4v) is 6.65. The number of pyridine rings is 1. The fourth-order valence-electron chi connectivity index (χ4n) is 6.65. The van der Waals surface area contributed by atoms with Gasteiger partial charge >= 0.3 is 0 Å². The molecule has 9 nitrogen and oxygen atoms in total. The minimum atomic E-state index is -0.349. The summed E-state index contributed by atoms with van der Waals surface area (Å²) in [4.78, 5) is 23.5. The number of likely N-dealkylation sites (tertiary alicyclic amines) is 1. The first-order chi connectivity index (χ1) is 20.6. The van der Waals surface area contributed by atoms with Gasteiger partial charge in [-0.15, -0.1) is 5.10 Å². The molecule has 43 heavy (non-hydrogen) atoms. The van der Waals surface area contributed by atoms with E-state index in [0.717, 1.165) is 40.9 Å². The third kappa shape index (κ3) is 4.72. The number of nitrogens with zero attached hydrogens (tertiary/aromatic N) is 8. The van der Waals surface area contributed by atoms with E-state index >= 15 is 4.39 Å². The minimum absolute atomic E-state index is 0.122. The summed E-state index contributed by atoms with van der Waals surface area (Å²) in [6, 6.07) is 10.2. The van der Waals surface area contributed by atoms with Crippen molar-refractivity contribution in [3.63, 3.8) is 0 Å². The van der Waals surface area contributed by atoms with Gasteiger partial charge in [-0.1, -0.05) is 30.0 Å². The van der Waals surface area contributed by atoms with Crippen LogP contribution in [0, 0.1) is 37.9 Å². The van der Waals surface area contributed by atoms with Gasteiger partial charge in [0, 0.05) is 42.7 Å². The molecule has 222 valence electrons. The number of piperidine rings is 1. The Bertz CT molecular complexity index is 1800. The number of carbonyl (C=O) groups is 1. The Morgan fingerprint density at radius 2 is 1.98 bits per heavy atom. The van der Waals surface area contributed by atoms with Crippen molar-refractivity contribution in [2.45, 2.75) is 58.2 Å². The summed E-state index contributed by atoms with van der Waals surface area (Å²) < 4.78 is 18.7. The Morgan fingerprint density at radius 1 is 1.21 bits per heavy atom. The molecule has 0 saturated carbocycles. The maximum absolute atomic E-state index is 16.8. The molecule has 0 radical (unpaired) electrons. The first-order valence-corrected chi connectivity index (χ1v) is 14.8. The third-order valence-corrected chi connectivity index (χ3v) is 9.40. The molecule has 0 bridgehead atoms. The van der Waals surface area contributed by atoms with Crippen LogP contribution in [0.2, 0.25) is 0 Å². The summed E-state index contributed by atoms with van der Waals surface area (Å²) in [6.45, 7) is 11.6. The van der Waals surface area contributed by atoms with E-state index < -0.39 is 0 Å². The van der Waals surface area contributed by atoms with E-state index in [1.165, 1.54) is 6.08 Å². The van der Waals surface area contributed by atoms with Crippen LogP contribution in [0.1, 0.15) is 42.0 Å². The molecule has 10 heteroatoms. The number of anilines is 1. The summed E-state index contributed by atoms with van der Waals surface area (Å²) >= 11 is 0. The quantitative estimate of drug-likeness (QED) is 0.293. The lowest BCUT2D eigenvalue weighted by atomic mass is 9.91. The van der Waals surface area contributed by atoms with Crippen LogP contribution in [-0.2, 0) is 4.79 Å². The van der Waals surface area contributed by atoms with Gasteiger partial charge in [0.1, 0.15) is 11.0 Å². The van der Waals surface area contributed by atoms with E-state index in [0.29, 0.717) is 53.2 Å². The third-order valence-electron chi connectivity index (χ3n) is 9.40. The maximum atomic E-state index is 16.8. The number of amides is 1. The van der Waals surface area contributed by atoms with Crippen molar-refractivity contribution in [2.24, 2.45) is 0 Å². The second kappa shape index (κ2) is 11.0. The Balaban J connectivity index is 1.55. The highest BCUT2D eigenvalue weighted by Gasteiger charge is 2.36. The summed E-state index contributed by atoms with van der Waals surface area (Å²) in [5, 5.41) is 19.5. The van der Waals surface area contributed by atoms with Crippen molar-refractivity contribution < 1.29 is 9.18 Å². The maximum Gasteiger partial charge on any atom is 0.246 e. The van der Waals surface area contributed by atoms with Crippen LogP contribution in [0.5, 0.6) is 0 Å². The Hall–Kier alpha value is -4.36.